The average Bonchev–Trinajstić information content (AvgIpc) is 3.14. The summed E-state index contributed by atoms with van der Waals surface area (Å²) in [6.07, 6.45) is 4.41. The van der Waals surface area contributed by atoms with Crippen molar-refractivity contribution in [3.63, 3.8) is 0 Å². The molecule has 3 aromatic rings. The second kappa shape index (κ2) is 6.10. The third-order valence-electron chi connectivity index (χ3n) is 4.83. The van der Waals surface area contributed by atoms with E-state index in [-0.39, 0.29) is 5.91 Å². The van der Waals surface area contributed by atoms with Gasteiger partial charge in [0.25, 0.3) is 0 Å². The first kappa shape index (κ1) is 15.5. The van der Waals surface area contributed by atoms with Gasteiger partial charge in [0.15, 0.2) is 0 Å². The van der Waals surface area contributed by atoms with E-state index in [0.29, 0.717) is 12.5 Å². The second-order valence-electron chi connectivity index (χ2n) is 6.70. The molecular weight excluding hydrogens is 318 g/mol. The Hall–Kier alpha value is -2.07. The van der Waals surface area contributed by atoms with Gasteiger partial charge in [-0.1, -0.05) is 6.07 Å². The molecule has 1 aliphatic carbocycles. The molecular formula is C20H21NO2S. The minimum absolute atomic E-state index is 0.201. The van der Waals surface area contributed by atoms with Crippen molar-refractivity contribution in [2.24, 2.45) is 0 Å². The van der Waals surface area contributed by atoms with Gasteiger partial charge in [-0.3, -0.25) is 4.79 Å². The van der Waals surface area contributed by atoms with Gasteiger partial charge in [0.05, 0.1) is 19.2 Å². The smallest absolute Gasteiger partial charge is 0.227 e. The van der Waals surface area contributed by atoms with Crippen molar-refractivity contribution in [2.75, 3.05) is 0 Å². The van der Waals surface area contributed by atoms with E-state index in [1.165, 1.54) is 16.0 Å². The lowest BCUT2D eigenvalue weighted by molar-refractivity contribution is -0.131. The highest BCUT2D eigenvalue weighted by Crippen LogP contribution is 2.31. The Kier molecular flexibility index (Phi) is 3.93. The number of benzene rings is 1. The molecule has 0 spiro atoms. The van der Waals surface area contributed by atoms with E-state index in [1.54, 1.807) is 17.6 Å². The number of carbonyl (C=O) groups excluding carboxylic acids is 1. The Labute approximate surface area is 145 Å². The zero-order valence-electron chi connectivity index (χ0n) is 14.0. The summed E-state index contributed by atoms with van der Waals surface area (Å²) in [5.41, 5.74) is 4.31. The van der Waals surface area contributed by atoms with Crippen LogP contribution in [0.25, 0.3) is 11.0 Å². The first-order valence-electron chi connectivity index (χ1n) is 8.41. The standard InChI is InChI=1S/C20H21NO2S/c1-13-8-18-15(12-23-19(18)9-14(13)2)10-20(22)21(16-5-6-16)11-17-4-3-7-24-17/h3-4,7-9,12,16H,5-6,10-11H2,1-2H3. The van der Waals surface area contributed by atoms with E-state index < -0.39 is 0 Å². The fourth-order valence-electron chi connectivity index (χ4n) is 3.12. The van der Waals surface area contributed by atoms with Gasteiger partial charge in [-0.25, -0.2) is 0 Å². The summed E-state index contributed by atoms with van der Waals surface area (Å²) >= 11 is 1.72. The van der Waals surface area contributed by atoms with Crippen molar-refractivity contribution >= 4 is 28.2 Å². The van der Waals surface area contributed by atoms with Gasteiger partial charge in [-0.15, -0.1) is 11.3 Å². The molecule has 1 amide bonds. The third-order valence-corrected chi connectivity index (χ3v) is 5.69. The second-order valence-corrected chi connectivity index (χ2v) is 7.73. The zero-order chi connectivity index (χ0) is 16.7. The highest BCUT2D eigenvalue weighted by molar-refractivity contribution is 7.09. The third kappa shape index (κ3) is 2.98. The lowest BCUT2D eigenvalue weighted by Crippen LogP contribution is -2.33. The number of hydrogen-bond acceptors (Lipinski definition) is 3. The molecule has 1 aliphatic rings. The van der Waals surface area contributed by atoms with Crippen LogP contribution in [0.3, 0.4) is 0 Å². The van der Waals surface area contributed by atoms with E-state index in [2.05, 4.69) is 37.4 Å². The highest BCUT2D eigenvalue weighted by atomic mass is 32.1. The predicted octanol–water partition coefficient (Wildman–Crippen LogP) is 4.84. The maximum absolute atomic E-state index is 12.9. The summed E-state index contributed by atoms with van der Waals surface area (Å²) in [5, 5.41) is 3.14. The molecule has 0 radical (unpaired) electrons. The first-order chi connectivity index (χ1) is 11.6. The fraction of sp³-hybridized carbons (Fsp3) is 0.350. The minimum Gasteiger partial charge on any atom is -0.464 e. The monoisotopic (exact) mass is 339 g/mol. The average molecular weight is 339 g/mol. The summed E-state index contributed by atoms with van der Waals surface area (Å²) in [6.45, 7) is 4.91. The van der Waals surface area contributed by atoms with E-state index in [1.807, 2.05) is 11.0 Å². The normalized spacial score (nSPS) is 14.2. The number of aryl methyl sites for hydroxylation is 2. The highest BCUT2D eigenvalue weighted by Gasteiger charge is 2.33. The number of fused-ring (bicyclic) bond motifs is 1. The fourth-order valence-corrected chi connectivity index (χ4v) is 3.82. The summed E-state index contributed by atoms with van der Waals surface area (Å²) in [7, 11) is 0. The molecule has 1 saturated carbocycles. The van der Waals surface area contributed by atoms with Gasteiger partial charge in [0.2, 0.25) is 5.91 Å². The molecule has 4 heteroatoms. The number of carbonyl (C=O) groups is 1. The van der Waals surface area contributed by atoms with E-state index >= 15 is 0 Å². The van der Waals surface area contributed by atoms with Crippen LogP contribution in [0.15, 0.2) is 40.3 Å². The van der Waals surface area contributed by atoms with Crippen LogP contribution in [-0.4, -0.2) is 16.8 Å². The van der Waals surface area contributed by atoms with Crippen molar-refractivity contribution in [3.8, 4) is 0 Å². The largest absolute Gasteiger partial charge is 0.464 e. The molecule has 0 aliphatic heterocycles. The number of thiophene rings is 1. The maximum Gasteiger partial charge on any atom is 0.227 e. The molecule has 1 aromatic carbocycles. The topological polar surface area (TPSA) is 33.5 Å². The molecule has 124 valence electrons. The summed E-state index contributed by atoms with van der Waals surface area (Å²) in [5.74, 6) is 0.201. The van der Waals surface area contributed by atoms with Crippen LogP contribution in [0.4, 0.5) is 0 Å². The molecule has 3 nitrogen and oxygen atoms in total. The lowest BCUT2D eigenvalue weighted by atomic mass is 10.0. The van der Waals surface area contributed by atoms with Crippen LogP contribution < -0.4 is 0 Å². The SMILES string of the molecule is Cc1cc2occ(CC(=O)N(Cc3cccs3)C3CC3)c2cc1C. The van der Waals surface area contributed by atoms with Gasteiger partial charge in [0, 0.05) is 21.9 Å². The zero-order valence-corrected chi connectivity index (χ0v) is 14.9. The number of hydrogen-bond donors (Lipinski definition) is 0. The quantitative estimate of drug-likeness (QED) is 0.666. The molecule has 2 aromatic heterocycles. The molecule has 1 fully saturated rings. The summed E-state index contributed by atoms with van der Waals surface area (Å²) in [6, 6.07) is 8.76. The minimum atomic E-state index is 0.201. The van der Waals surface area contributed by atoms with Crippen LogP contribution >= 0.6 is 11.3 Å². The lowest BCUT2D eigenvalue weighted by Gasteiger charge is -2.21. The van der Waals surface area contributed by atoms with Gasteiger partial charge in [-0.05, 0) is 61.4 Å². The van der Waals surface area contributed by atoms with Crippen molar-refractivity contribution < 1.29 is 9.21 Å². The van der Waals surface area contributed by atoms with Crippen LogP contribution in [0.1, 0.15) is 34.4 Å². The number of rotatable bonds is 5. The summed E-state index contributed by atoms with van der Waals surface area (Å²) < 4.78 is 5.68. The first-order valence-corrected chi connectivity index (χ1v) is 9.29. The van der Waals surface area contributed by atoms with Crippen molar-refractivity contribution in [2.45, 2.75) is 45.7 Å². The van der Waals surface area contributed by atoms with E-state index in [9.17, 15) is 4.79 Å². The number of nitrogens with zero attached hydrogens (tertiary/aromatic N) is 1. The molecule has 0 atom stereocenters. The van der Waals surface area contributed by atoms with Crippen molar-refractivity contribution in [3.05, 3.63) is 57.5 Å². The Morgan fingerprint density at radius 1 is 1.29 bits per heavy atom. The van der Waals surface area contributed by atoms with E-state index in [0.717, 1.165) is 35.9 Å². The van der Waals surface area contributed by atoms with Crippen LogP contribution in [0.5, 0.6) is 0 Å². The Morgan fingerprint density at radius 3 is 2.79 bits per heavy atom. The van der Waals surface area contributed by atoms with Crippen molar-refractivity contribution in [1.29, 1.82) is 0 Å². The molecule has 4 rings (SSSR count). The molecule has 0 bridgehead atoms. The molecule has 24 heavy (non-hydrogen) atoms. The Morgan fingerprint density at radius 2 is 2.08 bits per heavy atom. The van der Waals surface area contributed by atoms with E-state index in [4.69, 9.17) is 4.42 Å². The van der Waals surface area contributed by atoms with Crippen LogP contribution in [0, 0.1) is 13.8 Å². The van der Waals surface area contributed by atoms with Gasteiger partial charge in [0.1, 0.15) is 5.58 Å². The Bertz CT molecular complexity index is 875. The van der Waals surface area contributed by atoms with Crippen molar-refractivity contribution in [1.82, 2.24) is 4.90 Å². The molecule has 2 heterocycles. The summed E-state index contributed by atoms with van der Waals surface area (Å²) in [4.78, 5) is 16.2. The molecule has 0 N–H and O–H groups in total. The van der Waals surface area contributed by atoms with Gasteiger partial charge in [-0.2, -0.15) is 0 Å². The molecule has 0 unspecified atom stereocenters. The van der Waals surface area contributed by atoms with Crippen LogP contribution in [0.2, 0.25) is 0 Å². The van der Waals surface area contributed by atoms with Gasteiger partial charge < -0.3 is 9.32 Å². The van der Waals surface area contributed by atoms with Crippen LogP contribution in [-0.2, 0) is 17.8 Å². The maximum atomic E-state index is 12.9. The Balaban J connectivity index is 1.57. The van der Waals surface area contributed by atoms with Gasteiger partial charge >= 0.3 is 0 Å². The number of amides is 1. The predicted molar refractivity (Wildman–Crippen MR) is 97.3 cm³/mol. The number of furan rings is 1. The molecule has 0 saturated heterocycles.